The van der Waals surface area contributed by atoms with Crippen LogP contribution in [0.2, 0.25) is 0 Å². The molecule has 0 fully saturated rings. The summed E-state index contributed by atoms with van der Waals surface area (Å²) in [6.07, 6.45) is 0. The largest absolute Gasteiger partial charge is 0.508 e. The van der Waals surface area contributed by atoms with E-state index in [1.807, 2.05) is 38.1 Å². The average molecular weight is 255 g/mol. The van der Waals surface area contributed by atoms with Crippen molar-refractivity contribution >= 4 is 11.6 Å². The molecule has 98 valence electrons. The summed E-state index contributed by atoms with van der Waals surface area (Å²) in [7, 11) is 0. The van der Waals surface area contributed by atoms with Gasteiger partial charge >= 0.3 is 0 Å². The lowest BCUT2D eigenvalue weighted by Crippen LogP contribution is -2.30. The highest BCUT2D eigenvalue weighted by Gasteiger charge is 2.16. The van der Waals surface area contributed by atoms with Crippen molar-refractivity contribution < 1.29 is 9.90 Å². The van der Waals surface area contributed by atoms with Crippen molar-refractivity contribution in [3.8, 4) is 5.75 Å². The second-order valence-electron chi connectivity index (χ2n) is 4.44. The number of nitrogens with zero attached hydrogens (tertiary/aromatic N) is 1. The predicted molar refractivity (Wildman–Crippen MR) is 76.6 cm³/mol. The minimum Gasteiger partial charge on any atom is -0.508 e. The Morgan fingerprint density at radius 2 is 1.89 bits per heavy atom. The molecule has 1 amide bonds. The van der Waals surface area contributed by atoms with Crippen LogP contribution < -0.4 is 4.90 Å². The molecule has 0 bridgehead atoms. The van der Waals surface area contributed by atoms with E-state index in [9.17, 15) is 9.90 Å². The molecule has 0 aliphatic carbocycles. The summed E-state index contributed by atoms with van der Waals surface area (Å²) in [5.41, 5.74) is 2.41. The van der Waals surface area contributed by atoms with Gasteiger partial charge in [0.25, 0.3) is 5.91 Å². The second-order valence-corrected chi connectivity index (χ2v) is 4.44. The minimum absolute atomic E-state index is 0.0585. The molecule has 2 aromatic rings. The average Bonchev–Trinajstić information content (AvgIpc) is 2.39. The molecule has 0 saturated carbocycles. The lowest BCUT2D eigenvalue weighted by Gasteiger charge is -2.21. The lowest BCUT2D eigenvalue weighted by molar-refractivity contribution is 0.0988. The van der Waals surface area contributed by atoms with Gasteiger partial charge in [0.05, 0.1) is 0 Å². The number of aromatic hydroxyl groups is 1. The quantitative estimate of drug-likeness (QED) is 0.913. The van der Waals surface area contributed by atoms with Gasteiger partial charge in [0.15, 0.2) is 0 Å². The fourth-order valence-electron chi connectivity index (χ4n) is 2.04. The Morgan fingerprint density at radius 3 is 2.53 bits per heavy atom. The first-order chi connectivity index (χ1) is 9.11. The number of benzene rings is 2. The maximum Gasteiger partial charge on any atom is 0.258 e. The minimum atomic E-state index is -0.0585. The summed E-state index contributed by atoms with van der Waals surface area (Å²) in [6, 6.07) is 14.2. The van der Waals surface area contributed by atoms with E-state index < -0.39 is 0 Å². The van der Waals surface area contributed by atoms with Gasteiger partial charge < -0.3 is 10.0 Å². The Morgan fingerprint density at radius 1 is 1.16 bits per heavy atom. The third-order valence-corrected chi connectivity index (χ3v) is 2.97. The van der Waals surface area contributed by atoms with Gasteiger partial charge in [0.1, 0.15) is 5.75 Å². The van der Waals surface area contributed by atoms with Gasteiger partial charge in [0.2, 0.25) is 0 Å². The van der Waals surface area contributed by atoms with Gasteiger partial charge in [-0.05, 0) is 38.1 Å². The molecule has 2 rings (SSSR count). The highest BCUT2D eigenvalue weighted by molar-refractivity contribution is 6.06. The first kappa shape index (κ1) is 13.1. The molecule has 0 aliphatic heterocycles. The number of hydrogen-bond acceptors (Lipinski definition) is 2. The van der Waals surface area contributed by atoms with Crippen LogP contribution in [-0.4, -0.2) is 17.6 Å². The normalized spacial score (nSPS) is 10.2. The Bertz CT molecular complexity index is 593. The Labute approximate surface area is 113 Å². The first-order valence-corrected chi connectivity index (χ1v) is 6.29. The zero-order chi connectivity index (χ0) is 13.8. The van der Waals surface area contributed by atoms with Crippen LogP contribution in [0.25, 0.3) is 0 Å². The van der Waals surface area contributed by atoms with Gasteiger partial charge in [-0.1, -0.05) is 23.8 Å². The molecule has 0 aromatic heterocycles. The molecule has 1 N–H and O–H groups in total. The van der Waals surface area contributed by atoms with Gasteiger partial charge in [0, 0.05) is 23.9 Å². The maximum absolute atomic E-state index is 12.5. The number of rotatable bonds is 3. The molecule has 0 spiro atoms. The molecule has 3 nitrogen and oxygen atoms in total. The molecule has 0 aliphatic rings. The van der Waals surface area contributed by atoms with E-state index >= 15 is 0 Å². The Hall–Kier alpha value is -2.29. The van der Waals surface area contributed by atoms with Crippen LogP contribution in [0.5, 0.6) is 5.75 Å². The van der Waals surface area contributed by atoms with Crippen molar-refractivity contribution in [2.75, 3.05) is 11.4 Å². The number of phenols is 1. The number of hydrogen-bond donors (Lipinski definition) is 1. The van der Waals surface area contributed by atoms with Crippen molar-refractivity contribution in [1.82, 2.24) is 0 Å². The molecule has 0 atom stereocenters. The summed E-state index contributed by atoms with van der Waals surface area (Å²) in [5.74, 6) is 0.102. The smallest absolute Gasteiger partial charge is 0.258 e. The number of phenolic OH excluding ortho intramolecular Hbond substituents is 1. The van der Waals surface area contributed by atoms with Gasteiger partial charge in [-0.2, -0.15) is 0 Å². The molecule has 0 saturated heterocycles. The predicted octanol–water partition coefficient (Wildman–Crippen LogP) is 3.37. The summed E-state index contributed by atoms with van der Waals surface area (Å²) < 4.78 is 0. The van der Waals surface area contributed by atoms with E-state index in [0.29, 0.717) is 17.8 Å². The monoisotopic (exact) mass is 255 g/mol. The third-order valence-electron chi connectivity index (χ3n) is 2.97. The summed E-state index contributed by atoms with van der Waals surface area (Å²) >= 11 is 0. The van der Waals surface area contributed by atoms with Crippen molar-refractivity contribution in [3.05, 3.63) is 59.7 Å². The Balaban J connectivity index is 2.34. The lowest BCUT2D eigenvalue weighted by atomic mass is 10.1. The van der Waals surface area contributed by atoms with E-state index in [-0.39, 0.29) is 11.7 Å². The standard InChI is InChI=1S/C16H17NO2/c1-3-17(14-8-5-9-15(18)11-14)16(19)13-7-4-6-12(2)10-13/h4-11,18H,3H2,1-2H3. The molecular weight excluding hydrogens is 238 g/mol. The highest BCUT2D eigenvalue weighted by atomic mass is 16.3. The number of amides is 1. The SMILES string of the molecule is CCN(C(=O)c1cccc(C)c1)c1cccc(O)c1. The van der Waals surface area contributed by atoms with Crippen LogP contribution in [0, 0.1) is 6.92 Å². The van der Waals surface area contributed by atoms with Crippen LogP contribution in [0.1, 0.15) is 22.8 Å². The number of carbonyl (C=O) groups is 1. The van der Waals surface area contributed by atoms with Gasteiger partial charge in [-0.25, -0.2) is 0 Å². The summed E-state index contributed by atoms with van der Waals surface area (Å²) in [4.78, 5) is 14.1. The highest BCUT2D eigenvalue weighted by Crippen LogP contribution is 2.22. The van der Waals surface area contributed by atoms with E-state index in [2.05, 4.69) is 0 Å². The van der Waals surface area contributed by atoms with Crippen molar-refractivity contribution in [3.63, 3.8) is 0 Å². The molecule has 0 radical (unpaired) electrons. The maximum atomic E-state index is 12.5. The van der Waals surface area contributed by atoms with Crippen molar-refractivity contribution in [1.29, 1.82) is 0 Å². The van der Waals surface area contributed by atoms with Crippen LogP contribution in [0.4, 0.5) is 5.69 Å². The van der Waals surface area contributed by atoms with Crippen LogP contribution in [0.3, 0.4) is 0 Å². The van der Waals surface area contributed by atoms with Crippen LogP contribution >= 0.6 is 0 Å². The van der Waals surface area contributed by atoms with E-state index in [1.165, 1.54) is 0 Å². The van der Waals surface area contributed by atoms with E-state index in [0.717, 1.165) is 5.56 Å². The fraction of sp³-hybridized carbons (Fsp3) is 0.188. The number of anilines is 1. The van der Waals surface area contributed by atoms with E-state index in [1.54, 1.807) is 29.2 Å². The molecule has 2 aromatic carbocycles. The molecule has 19 heavy (non-hydrogen) atoms. The molecule has 3 heteroatoms. The fourth-order valence-corrected chi connectivity index (χ4v) is 2.04. The number of aryl methyl sites for hydroxylation is 1. The zero-order valence-electron chi connectivity index (χ0n) is 11.1. The first-order valence-electron chi connectivity index (χ1n) is 6.29. The number of carbonyl (C=O) groups excluding carboxylic acids is 1. The zero-order valence-corrected chi connectivity index (χ0v) is 11.1. The topological polar surface area (TPSA) is 40.5 Å². The molecule has 0 heterocycles. The van der Waals surface area contributed by atoms with Gasteiger partial charge in [-0.15, -0.1) is 0 Å². The van der Waals surface area contributed by atoms with Crippen molar-refractivity contribution in [2.24, 2.45) is 0 Å². The van der Waals surface area contributed by atoms with Gasteiger partial charge in [-0.3, -0.25) is 4.79 Å². The van der Waals surface area contributed by atoms with Crippen molar-refractivity contribution in [2.45, 2.75) is 13.8 Å². The van der Waals surface area contributed by atoms with Crippen LogP contribution in [0.15, 0.2) is 48.5 Å². The second kappa shape index (κ2) is 5.57. The van der Waals surface area contributed by atoms with E-state index in [4.69, 9.17) is 0 Å². The summed E-state index contributed by atoms with van der Waals surface area (Å²) in [6.45, 7) is 4.43. The third kappa shape index (κ3) is 2.94. The summed E-state index contributed by atoms with van der Waals surface area (Å²) in [5, 5.41) is 9.52. The molecular formula is C16H17NO2. The van der Waals surface area contributed by atoms with Crippen LogP contribution in [-0.2, 0) is 0 Å². The Kier molecular flexibility index (Phi) is 3.85. The molecule has 0 unspecified atom stereocenters.